The van der Waals surface area contributed by atoms with E-state index in [0.29, 0.717) is 17.1 Å². The Kier molecular flexibility index (Phi) is 3.85. The SMILES string of the molecule is O=C(NCc1ccccc1)c1snnc1-c1cccs1. The third-order valence-corrected chi connectivity index (χ3v) is 4.35. The lowest BCUT2D eigenvalue weighted by molar-refractivity contribution is 0.0955. The number of rotatable bonds is 4. The highest BCUT2D eigenvalue weighted by molar-refractivity contribution is 7.14. The maximum Gasteiger partial charge on any atom is 0.265 e. The molecule has 6 heteroatoms. The summed E-state index contributed by atoms with van der Waals surface area (Å²) in [4.78, 5) is 13.7. The van der Waals surface area contributed by atoms with Crippen molar-refractivity contribution in [3.63, 3.8) is 0 Å². The van der Waals surface area contributed by atoms with Crippen molar-refractivity contribution >= 4 is 28.8 Å². The quantitative estimate of drug-likeness (QED) is 0.805. The van der Waals surface area contributed by atoms with Crippen LogP contribution in [0.15, 0.2) is 47.8 Å². The fourth-order valence-corrected chi connectivity index (χ4v) is 3.15. The van der Waals surface area contributed by atoms with Gasteiger partial charge in [-0.25, -0.2) is 0 Å². The largest absolute Gasteiger partial charge is 0.347 e. The van der Waals surface area contributed by atoms with Gasteiger partial charge in [-0.1, -0.05) is 40.9 Å². The zero-order valence-electron chi connectivity index (χ0n) is 10.4. The molecule has 0 saturated heterocycles. The van der Waals surface area contributed by atoms with E-state index in [2.05, 4.69) is 14.9 Å². The van der Waals surface area contributed by atoms with Crippen molar-refractivity contribution in [3.8, 4) is 10.6 Å². The number of carbonyl (C=O) groups is 1. The molecule has 3 aromatic rings. The Labute approximate surface area is 124 Å². The number of carbonyl (C=O) groups excluding carboxylic acids is 1. The highest BCUT2D eigenvalue weighted by atomic mass is 32.1. The molecule has 20 heavy (non-hydrogen) atoms. The smallest absolute Gasteiger partial charge is 0.265 e. The minimum atomic E-state index is -0.132. The fourth-order valence-electron chi connectivity index (χ4n) is 1.77. The summed E-state index contributed by atoms with van der Waals surface area (Å²) in [5.74, 6) is -0.132. The Morgan fingerprint density at radius 3 is 2.75 bits per heavy atom. The van der Waals surface area contributed by atoms with E-state index in [-0.39, 0.29) is 5.91 Å². The molecule has 1 N–H and O–H groups in total. The van der Waals surface area contributed by atoms with Crippen LogP contribution in [0.2, 0.25) is 0 Å². The molecule has 0 saturated carbocycles. The number of nitrogens with zero attached hydrogens (tertiary/aromatic N) is 2. The molecular formula is C14H11N3OS2. The van der Waals surface area contributed by atoms with Gasteiger partial charge in [-0.15, -0.1) is 16.4 Å². The number of nitrogens with one attached hydrogen (secondary N) is 1. The number of aromatic nitrogens is 2. The van der Waals surface area contributed by atoms with Crippen molar-refractivity contribution < 1.29 is 4.79 Å². The van der Waals surface area contributed by atoms with E-state index in [1.54, 1.807) is 11.3 Å². The number of amides is 1. The van der Waals surface area contributed by atoms with Gasteiger partial charge < -0.3 is 5.32 Å². The summed E-state index contributed by atoms with van der Waals surface area (Å²) in [7, 11) is 0. The molecule has 100 valence electrons. The molecule has 0 aliphatic rings. The molecule has 2 aromatic heterocycles. The molecule has 4 nitrogen and oxygen atoms in total. The predicted molar refractivity (Wildman–Crippen MR) is 80.8 cm³/mol. The number of benzene rings is 1. The molecule has 2 heterocycles. The number of thiophene rings is 1. The highest BCUT2D eigenvalue weighted by Crippen LogP contribution is 2.27. The van der Waals surface area contributed by atoms with E-state index in [1.165, 1.54) is 0 Å². The summed E-state index contributed by atoms with van der Waals surface area (Å²) in [5.41, 5.74) is 1.73. The summed E-state index contributed by atoms with van der Waals surface area (Å²) >= 11 is 2.68. The summed E-state index contributed by atoms with van der Waals surface area (Å²) in [5, 5.41) is 8.91. The Morgan fingerprint density at radius 1 is 1.15 bits per heavy atom. The normalized spacial score (nSPS) is 10.4. The van der Waals surface area contributed by atoms with Crippen LogP contribution in [0.4, 0.5) is 0 Å². The standard InChI is InChI=1S/C14H11N3OS2/c18-14(15-9-10-5-2-1-3-6-10)13-12(16-17-20-13)11-7-4-8-19-11/h1-8H,9H2,(H,15,18). The molecule has 0 atom stereocenters. The third-order valence-electron chi connectivity index (χ3n) is 2.74. The molecule has 1 amide bonds. The monoisotopic (exact) mass is 301 g/mol. The number of hydrogen-bond donors (Lipinski definition) is 1. The van der Waals surface area contributed by atoms with Crippen molar-refractivity contribution in [3.05, 3.63) is 58.3 Å². The molecule has 0 aliphatic carbocycles. The van der Waals surface area contributed by atoms with E-state index >= 15 is 0 Å². The zero-order valence-corrected chi connectivity index (χ0v) is 12.1. The maximum absolute atomic E-state index is 12.2. The summed E-state index contributed by atoms with van der Waals surface area (Å²) in [6.45, 7) is 0.501. The summed E-state index contributed by atoms with van der Waals surface area (Å²) in [6, 6.07) is 13.7. The minimum absolute atomic E-state index is 0.132. The van der Waals surface area contributed by atoms with Crippen molar-refractivity contribution in [2.75, 3.05) is 0 Å². The predicted octanol–water partition coefficient (Wildman–Crippen LogP) is 3.20. The van der Waals surface area contributed by atoms with Crippen LogP contribution in [0.25, 0.3) is 10.6 Å². The Balaban J connectivity index is 1.74. The van der Waals surface area contributed by atoms with Gasteiger partial charge in [0.1, 0.15) is 10.6 Å². The molecular weight excluding hydrogens is 290 g/mol. The molecule has 0 spiro atoms. The third kappa shape index (κ3) is 2.76. The van der Waals surface area contributed by atoms with E-state index < -0.39 is 0 Å². The first kappa shape index (κ1) is 13.0. The summed E-state index contributed by atoms with van der Waals surface area (Å²) < 4.78 is 3.89. The van der Waals surface area contributed by atoms with Crippen molar-refractivity contribution in [2.24, 2.45) is 0 Å². The van der Waals surface area contributed by atoms with E-state index in [9.17, 15) is 4.79 Å². The second-order valence-electron chi connectivity index (χ2n) is 4.10. The number of hydrogen-bond acceptors (Lipinski definition) is 5. The van der Waals surface area contributed by atoms with Crippen LogP contribution in [0, 0.1) is 0 Å². The van der Waals surface area contributed by atoms with Crippen LogP contribution in [0.5, 0.6) is 0 Å². The van der Waals surface area contributed by atoms with Crippen molar-refractivity contribution in [2.45, 2.75) is 6.54 Å². The van der Waals surface area contributed by atoms with Crippen LogP contribution in [-0.2, 0) is 6.54 Å². The minimum Gasteiger partial charge on any atom is -0.347 e. The fraction of sp³-hybridized carbons (Fsp3) is 0.0714. The summed E-state index contributed by atoms with van der Waals surface area (Å²) in [6.07, 6.45) is 0. The van der Waals surface area contributed by atoms with Gasteiger partial charge in [0.25, 0.3) is 5.91 Å². The van der Waals surface area contributed by atoms with Crippen LogP contribution in [0.3, 0.4) is 0 Å². The van der Waals surface area contributed by atoms with Gasteiger partial charge in [0.2, 0.25) is 0 Å². The first-order valence-corrected chi connectivity index (χ1v) is 7.68. The van der Waals surface area contributed by atoms with Crippen molar-refractivity contribution in [1.29, 1.82) is 0 Å². The van der Waals surface area contributed by atoms with Gasteiger partial charge in [-0.05, 0) is 28.5 Å². The average Bonchev–Trinajstić information content (AvgIpc) is 3.15. The van der Waals surface area contributed by atoms with Crippen LogP contribution in [-0.4, -0.2) is 15.5 Å². The van der Waals surface area contributed by atoms with Gasteiger partial charge in [0.05, 0.1) is 4.88 Å². The second kappa shape index (κ2) is 5.94. The van der Waals surface area contributed by atoms with Gasteiger partial charge in [0, 0.05) is 6.54 Å². The molecule has 1 aromatic carbocycles. The Morgan fingerprint density at radius 2 is 2.00 bits per heavy atom. The average molecular weight is 301 g/mol. The van der Waals surface area contributed by atoms with Gasteiger partial charge in [-0.3, -0.25) is 4.79 Å². The van der Waals surface area contributed by atoms with Gasteiger partial charge >= 0.3 is 0 Å². The molecule has 3 rings (SSSR count). The Hall–Kier alpha value is -2.05. The highest BCUT2D eigenvalue weighted by Gasteiger charge is 2.18. The molecule has 0 unspecified atom stereocenters. The van der Waals surface area contributed by atoms with Crippen LogP contribution in [0.1, 0.15) is 15.2 Å². The molecule has 0 fully saturated rings. The van der Waals surface area contributed by atoms with E-state index in [4.69, 9.17) is 0 Å². The van der Waals surface area contributed by atoms with E-state index in [0.717, 1.165) is 22.0 Å². The van der Waals surface area contributed by atoms with Gasteiger partial charge in [-0.2, -0.15) is 0 Å². The first-order chi connectivity index (χ1) is 9.84. The lowest BCUT2D eigenvalue weighted by Gasteiger charge is -2.04. The zero-order chi connectivity index (χ0) is 13.8. The van der Waals surface area contributed by atoms with Crippen LogP contribution >= 0.6 is 22.9 Å². The van der Waals surface area contributed by atoms with Gasteiger partial charge in [0.15, 0.2) is 0 Å². The lowest BCUT2D eigenvalue weighted by atomic mass is 10.2. The van der Waals surface area contributed by atoms with Crippen LogP contribution < -0.4 is 5.32 Å². The molecule has 0 aliphatic heterocycles. The second-order valence-corrected chi connectivity index (χ2v) is 5.80. The molecule has 0 bridgehead atoms. The maximum atomic E-state index is 12.2. The topological polar surface area (TPSA) is 54.9 Å². The van der Waals surface area contributed by atoms with E-state index in [1.807, 2.05) is 47.8 Å². The Bertz CT molecular complexity index is 692. The van der Waals surface area contributed by atoms with Crippen molar-refractivity contribution in [1.82, 2.24) is 14.9 Å². The first-order valence-electron chi connectivity index (χ1n) is 6.03. The molecule has 0 radical (unpaired) electrons. The lowest BCUT2D eigenvalue weighted by Crippen LogP contribution is -2.22.